The summed E-state index contributed by atoms with van der Waals surface area (Å²) in [6, 6.07) is -0.367. The Morgan fingerprint density at radius 3 is 2.83 bits per heavy atom. The van der Waals surface area contributed by atoms with Crippen LogP contribution in [0, 0.1) is 5.41 Å². The van der Waals surface area contributed by atoms with Crippen LogP contribution in [0.5, 0.6) is 0 Å². The van der Waals surface area contributed by atoms with E-state index >= 15 is 0 Å². The summed E-state index contributed by atoms with van der Waals surface area (Å²) in [7, 11) is 0. The van der Waals surface area contributed by atoms with Crippen LogP contribution in [0.1, 0.15) is 19.8 Å². The SMILES string of the molecule is CCC1(C(=O)O)CCOCC1N. The third-order valence-corrected chi connectivity index (χ3v) is 2.76. The monoisotopic (exact) mass is 173 g/mol. The molecule has 0 saturated carbocycles. The van der Waals surface area contributed by atoms with E-state index in [2.05, 4.69) is 0 Å². The van der Waals surface area contributed by atoms with Crippen LogP contribution < -0.4 is 5.73 Å². The Morgan fingerprint density at radius 2 is 2.50 bits per heavy atom. The first-order chi connectivity index (χ1) is 5.63. The van der Waals surface area contributed by atoms with E-state index in [0.717, 1.165) is 0 Å². The van der Waals surface area contributed by atoms with Crippen molar-refractivity contribution in [1.82, 2.24) is 0 Å². The van der Waals surface area contributed by atoms with E-state index in [9.17, 15) is 4.79 Å². The molecule has 4 nitrogen and oxygen atoms in total. The summed E-state index contributed by atoms with van der Waals surface area (Å²) in [5, 5.41) is 9.02. The Kier molecular flexibility index (Phi) is 2.69. The van der Waals surface area contributed by atoms with Gasteiger partial charge in [0.2, 0.25) is 0 Å². The van der Waals surface area contributed by atoms with Crippen LogP contribution >= 0.6 is 0 Å². The third-order valence-electron chi connectivity index (χ3n) is 2.76. The first kappa shape index (κ1) is 9.48. The molecule has 70 valence electrons. The molecule has 0 amide bonds. The summed E-state index contributed by atoms with van der Waals surface area (Å²) >= 11 is 0. The maximum absolute atomic E-state index is 11.0. The second kappa shape index (κ2) is 3.41. The van der Waals surface area contributed by atoms with Gasteiger partial charge in [-0.2, -0.15) is 0 Å². The van der Waals surface area contributed by atoms with Crippen molar-refractivity contribution in [3.8, 4) is 0 Å². The number of carbonyl (C=O) groups is 1. The molecule has 12 heavy (non-hydrogen) atoms. The maximum atomic E-state index is 11.0. The summed E-state index contributed by atoms with van der Waals surface area (Å²) in [4.78, 5) is 11.0. The molecule has 0 aromatic rings. The minimum atomic E-state index is -0.791. The van der Waals surface area contributed by atoms with Crippen molar-refractivity contribution in [1.29, 1.82) is 0 Å². The maximum Gasteiger partial charge on any atom is 0.311 e. The number of carboxylic acid groups (broad SMARTS) is 1. The van der Waals surface area contributed by atoms with E-state index in [1.54, 1.807) is 0 Å². The van der Waals surface area contributed by atoms with Gasteiger partial charge in [-0.1, -0.05) is 6.92 Å². The second-order valence-electron chi connectivity index (χ2n) is 3.25. The lowest BCUT2D eigenvalue weighted by Crippen LogP contribution is -2.53. The Hall–Kier alpha value is -0.610. The minimum Gasteiger partial charge on any atom is -0.481 e. The molecule has 2 atom stereocenters. The van der Waals surface area contributed by atoms with E-state index in [0.29, 0.717) is 26.1 Å². The molecule has 0 aromatic heterocycles. The highest BCUT2D eigenvalue weighted by molar-refractivity contribution is 5.75. The van der Waals surface area contributed by atoms with Gasteiger partial charge in [0, 0.05) is 12.6 Å². The van der Waals surface area contributed by atoms with Crippen molar-refractivity contribution in [2.75, 3.05) is 13.2 Å². The van der Waals surface area contributed by atoms with Crippen molar-refractivity contribution in [3.05, 3.63) is 0 Å². The predicted molar refractivity (Wildman–Crippen MR) is 43.8 cm³/mol. The summed E-state index contributed by atoms with van der Waals surface area (Å²) < 4.78 is 5.10. The first-order valence-corrected chi connectivity index (χ1v) is 4.20. The lowest BCUT2D eigenvalue weighted by Gasteiger charge is -2.37. The molecule has 1 fully saturated rings. The number of aliphatic carboxylic acids is 1. The number of ether oxygens (including phenoxy) is 1. The number of carboxylic acids is 1. The third kappa shape index (κ3) is 1.32. The van der Waals surface area contributed by atoms with Gasteiger partial charge < -0.3 is 15.6 Å². The molecule has 0 aromatic carbocycles. The van der Waals surface area contributed by atoms with Crippen molar-refractivity contribution in [2.24, 2.45) is 11.1 Å². The van der Waals surface area contributed by atoms with Crippen LogP contribution in [0.15, 0.2) is 0 Å². The topological polar surface area (TPSA) is 72.5 Å². The smallest absolute Gasteiger partial charge is 0.311 e. The van der Waals surface area contributed by atoms with Crippen molar-refractivity contribution < 1.29 is 14.6 Å². The number of hydrogen-bond acceptors (Lipinski definition) is 3. The van der Waals surface area contributed by atoms with E-state index in [1.807, 2.05) is 6.92 Å². The summed E-state index contributed by atoms with van der Waals surface area (Å²) in [5.74, 6) is -0.791. The normalized spacial score (nSPS) is 36.3. The Morgan fingerprint density at radius 1 is 1.83 bits per heavy atom. The molecule has 0 bridgehead atoms. The van der Waals surface area contributed by atoms with E-state index in [4.69, 9.17) is 15.6 Å². The average Bonchev–Trinajstić information content (AvgIpc) is 2.05. The van der Waals surface area contributed by atoms with Gasteiger partial charge in [0.15, 0.2) is 0 Å². The standard InChI is InChI=1S/C8H15NO3/c1-2-8(7(10)11)3-4-12-5-6(8)9/h6H,2-5,9H2,1H3,(H,10,11). The molecule has 1 aliphatic heterocycles. The highest BCUT2D eigenvalue weighted by Gasteiger charge is 2.44. The highest BCUT2D eigenvalue weighted by atomic mass is 16.5. The molecular formula is C8H15NO3. The van der Waals surface area contributed by atoms with E-state index < -0.39 is 11.4 Å². The average molecular weight is 173 g/mol. The molecule has 1 heterocycles. The molecule has 1 rings (SSSR count). The molecular weight excluding hydrogens is 158 g/mol. The largest absolute Gasteiger partial charge is 0.481 e. The molecule has 1 saturated heterocycles. The molecule has 2 unspecified atom stereocenters. The molecule has 1 aliphatic rings. The Balaban J connectivity index is 2.81. The fourth-order valence-corrected chi connectivity index (χ4v) is 1.67. The van der Waals surface area contributed by atoms with Crippen LogP contribution in [0.2, 0.25) is 0 Å². The Bertz CT molecular complexity index is 183. The van der Waals surface area contributed by atoms with Gasteiger partial charge in [-0.05, 0) is 12.8 Å². The predicted octanol–water partition coefficient (Wildman–Crippen LogP) is 0.215. The van der Waals surface area contributed by atoms with Crippen LogP contribution in [0.3, 0.4) is 0 Å². The zero-order valence-corrected chi connectivity index (χ0v) is 7.25. The van der Waals surface area contributed by atoms with Gasteiger partial charge >= 0.3 is 5.97 Å². The molecule has 0 radical (unpaired) electrons. The zero-order valence-electron chi connectivity index (χ0n) is 7.25. The van der Waals surface area contributed by atoms with Crippen LogP contribution in [0.4, 0.5) is 0 Å². The van der Waals surface area contributed by atoms with E-state index in [1.165, 1.54) is 0 Å². The molecule has 4 heteroatoms. The van der Waals surface area contributed by atoms with Gasteiger partial charge in [0.25, 0.3) is 0 Å². The summed E-state index contributed by atoms with van der Waals surface area (Å²) in [5.41, 5.74) is 4.97. The number of rotatable bonds is 2. The van der Waals surface area contributed by atoms with Crippen LogP contribution in [-0.2, 0) is 9.53 Å². The zero-order chi connectivity index (χ0) is 9.19. The lowest BCUT2D eigenvalue weighted by molar-refractivity contribution is -0.157. The summed E-state index contributed by atoms with van der Waals surface area (Å²) in [6.45, 7) is 2.73. The van der Waals surface area contributed by atoms with Crippen molar-refractivity contribution in [3.63, 3.8) is 0 Å². The van der Waals surface area contributed by atoms with Gasteiger partial charge in [0.1, 0.15) is 0 Å². The minimum absolute atomic E-state index is 0.361. The van der Waals surface area contributed by atoms with Gasteiger partial charge in [-0.15, -0.1) is 0 Å². The molecule has 0 spiro atoms. The fourth-order valence-electron chi connectivity index (χ4n) is 1.67. The molecule has 0 aliphatic carbocycles. The number of nitrogens with two attached hydrogens (primary N) is 1. The van der Waals surface area contributed by atoms with Gasteiger partial charge in [-0.25, -0.2) is 0 Å². The second-order valence-corrected chi connectivity index (χ2v) is 3.25. The lowest BCUT2D eigenvalue weighted by atomic mass is 9.74. The van der Waals surface area contributed by atoms with Gasteiger partial charge in [0.05, 0.1) is 12.0 Å². The van der Waals surface area contributed by atoms with Gasteiger partial charge in [-0.3, -0.25) is 4.79 Å². The van der Waals surface area contributed by atoms with Crippen LogP contribution in [-0.4, -0.2) is 30.3 Å². The quantitative estimate of drug-likeness (QED) is 0.626. The van der Waals surface area contributed by atoms with Crippen molar-refractivity contribution in [2.45, 2.75) is 25.8 Å². The van der Waals surface area contributed by atoms with E-state index in [-0.39, 0.29) is 6.04 Å². The van der Waals surface area contributed by atoms with Crippen molar-refractivity contribution >= 4 is 5.97 Å². The molecule has 3 N–H and O–H groups in total. The Labute approximate surface area is 71.7 Å². The fraction of sp³-hybridized carbons (Fsp3) is 0.875. The summed E-state index contributed by atoms with van der Waals surface area (Å²) in [6.07, 6.45) is 1.10. The van der Waals surface area contributed by atoms with Crippen LogP contribution in [0.25, 0.3) is 0 Å². The first-order valence-electron chi connectivity index (χ1n) is 4.20. The highest BCUT2D eigenvalue weighted by Crippen LogP contribution is 2.33. The number of hydrogen-bond donors (Lipinski definition) is 2.